The van der Waals surface area contributed by atoms with Crippen molar-refractivity contribution in [3.8, 4) is 5.75 Å². The monoisotopic (exact) mass is 486 g/mol. The summed E-state index contributed by atoms with van der Waals surface area (Å²) < 4.78 is 34.1. The average molecular weight is 487 g/mol. The van der Waals surface area contributed by atoms with Crippen LogP contribution in [-0.4, -0.2) is 20.9 Å². The van der Waals surface area contributed by atoms with Gasteiger partial charge in [0.2, 0.25) is 0 Å². The van der Waals surface area contributed by atoms with Crippen molar-refractivity contribution in [3.63, 3.8) is 0 Å². The summed E-state index contributed by atoms with van der Waals surface area (Å²) in [7, 11) is -3.78. The lowest BCUT2D eigenvalue weighted by atomic mass is 10.2. The van der Waals surface area contributed by atoms with Crippen LogP contribution >= 0.6 is 22.9 Å². The fourth-order valence-electron chi connectivity index (χ4n) is 3.07. The van der Waals surface area contributed by atoms with Gasteiger partial charge in [0.25, 0.3) is 15.9 Å². The number of amides is 1. The van der Waals surface area contributed by atoms with E-state index in [9.17, 15) is 13.2 Å². The number of rotatable bonds is 7. The Labute approximate surface area is 194 Å². The zero-order valence-electron chi connectivity index (χ0n) is 17.0. The molecule has 3 aromatic carbocycles. The summed E-state index contributed by atoms with van der Waals surface area (Å²) in [6, 6.07) is 20.1. The van der Waals surface area contributed by atoms with Crippen LogP contribution in [0.1, 0.15) is 16.6 Å². The average Bonchev–Trinajstić information content (AvgIpc) is 3.12. The topological polar surface area (TPSA) is 84.5 Å². The number of halogens is 1. The van der Waals surface area contributed by atoms with E-state index in [0.717, 1.165) is 10.1 Å². The lowest BCUT2D eigenvalue weighted by Crippen LogP contribution is -2.14. The molecule has 9 heteroatoms. The number of anilines is 2. The molecule has 1 heterocycles. The molecule has 0 aliphatic heterocycles. The van der Waals surface area contributed by atoms with Gasteiger partial charge in [-0.15, -0.1) is 11.3 Å². The second-order valence-corrected chi connectivity index (χ2v) is 9.90. The molecule has 0 unspecified atom stereocenters. The number of benzene rings is 3. The Bertz CT molecular complexity index is 1370. The number of sulfonamides is 1. The van der Waals surface area contributed by atoms with Gasteiger partial charge in [0.15, 0.2) is 0 Å². The van der Waals surface area contributed by atoms with E-state index >= 15 is 0 Å². The molecular weight excluding hydrogens is 468 g/mol. The zero-order valence-corrected chi connectivity index (χ0v) is 19.4. The van der Waals surface area contributed by atoms with E-state index in [1.54, 1.807) is 24.3 Å². The lowest BCUT2D eigenvalue weighted by Gasteiger charge is -2.10. The first-order valence-electron chi connectivity index (χ1n) is 9.71. The van der Waals surface area contributed by atoms with Gasteiger partial charge in [0, 0.05) is 21.5 Å². The fraction of sp³-hybridized carbons (Fsp3) is 0.0870. The Kier molecular flexibility index (Phi) is 6.36. The number of thiophene rings is 1. The maximum Gasteiger partial charge on any atom is 0.267 e. The van der Waals surface area contributed by atoms with E-state index < -0.39 is 10.0 Å². The molecule has 4 aromatic rings. The van der Waals surface area contributed by atoms with Crippen LogP contribution in [0.25, 0.3) is 10.1 Å². The summed E-state index contributed by atoms with van der Waals surface area (Å²) in [5, 5.41) is 3.99. The molecule has 0 radical (unpaired) electrons. The number of fused-ring (bicyclic) bond motifs is 1. The van der Waals surface area contributed by atoms with Crippen LogP contribution in [0.5, 0.6) is 5.75 Å². The molecule has 0 saturated carbocycles. The maximum absolute atomic E-state index is 12.7. The second kappa shape index (κ2) is 9.20. The quantitative estimate of drug-likeness (QED) is 0.335. The molecule has 4 rings (SSSR count). The number of hydrogen-bond donors (Lipinski definition) is 2. The Morgan fingerprint density at radius 1 is 0.969 bits per heavy atom. The molecule has 0 bridgehead atoms. The van der Waals surface area contributed by atoms with Crippen molar-refractivity contribution in [2.24, 2.45) is 0 Å². The Balaban J connectivity index is 1.47. The van der Waals surface area contributed by atoms with Gasteiger partial charge >= 0.3 is 0 Å². The lowest BCUT2D eigenvalue weighted by molar-refractivity contribution is 0.103. The Hall–Kier alpha value is -3.07. The van der Waals surface area contributed by atoms with Crippen molar-refractivity contribution >= 4 is 60.3 Å². The molecule has 1 amide bonds. The smallest absolute Gasteiger partial charge is 0.267 e. The first kappa shape index (κ1) is 22.1. The van der Waals surface area contributed by atoms with Gasteiger partial charge in [-0.2, -0.15) is 0 Å². The fourth-order valence-corrected chi connectivity index (χ4v) is 5.54. The number of ether oxygens (including phenoxy) is 1. The molecule has 164 valence electrons. The first-order chi connectivity index (χ1) is 15.4. The van der Waals surface area contributed by atoms with Gasteiger partial charge < -0.3 is 10.1 Å². The van der Waals surface area contributed by atoms with Gasteiger partial charge in [-0.05, 0) is 61.5 Å². The summed E-state index contributed by atoms with van der Waals surface area (Å²) in [6.07, 6.45) is 0. The Morgan fingerprint density at radius 3 is 2.28 bits per heavy atom. The van der Waals surface area contributed by atoms with E-state index in [0.29, 0.717) is 33.6 Å². The van der Waals surface area contributed by atoms with Crippen molar-refractivity contribution in [1.82, 2.24) is 0 Å². The minimum absolute atomic E-state index is 0.0734. The number of nitrogens with one attached hydrogen (secondary N) is 2. The van der Waals surface area contributed by atoms with E-state index in [1.807, 2.05) is 31.2 Å². The second-order valence-electron chi connectivity index (χ2n) is 6.78. The summed E-state index contributed by atoms with van der Waals surface area (Å²) in [5.41, 5.74) is 0.883. The van der Waals surface area contributed by atoms with Gasteiger partial charge in [0.1, 0.15) is 10.6 Å². The minimum atomic E-state index is -3.78. The van der Waals surface area contributed by atoms with Crippen LogP contribution in [0.15, 0.2) is 77.7 Å². The molecule has 1 aromatic heterocycles. The molecule has 0 saturated heterocycles. The highest BCUT2D eigenvalue weighted by atomic mass is 35.5. The zero-order chi connectivity index (χ0) is 22.7. The van der Waals surface area contributed by atoms with E-state index in [1.165, 1.54) is 35.6 Å². The minimum Gasteiger partial charge on any atom is -0.494 e. The normalized spacial score (nSPS) is 11.3. The third kappa shape index (κ3) is 4.72. The van der Waals surface area contributed by atoms with Crippen molar-refractivity contribution < 1.29 is 17.9 Å². The van der Waals surface area contributed by atoms with Gasteiger partial charge in [-0.1, -0.05) is 29.8 Å². The largest absolute Gasteiger partial charge is 0.494 e. The molecule has 6 nitrogen and oxygen atoms in total. The maximum atomic E-state index is 12.7. The molecular formula is C23H19ClN2O4S2. The third-order valence-corrected chi connectivity index (χ3v) is 7.65. The summed E-state index contributed by atoms with van der Waals surface area (Å²) in [5.74, 6) is 0.314. The molecule has 0 spiro atoms. The van der Waals surface area contributed by atoms with Crippen molar-refractivity contribution in [2.45, 2.75) is 11.8 Å². The van der Waals surface area contributed by atoms with E-state index in [2.05, 4.69) is 10.0 Å². The molecule has 0 aliphatic rings. The molecule has 0 aliphatic carbocycles. The first-order valence-corrected chi connectivity index (χ1v) is 12.4. The van der Waals surface area contributed by atoms with Crippen LogP contribution in [0.4, 0.5) is 11.4 Å². The highest BCUT2D eigenvalue weighted by Gasteiger charge is 2.18. The highest BCUT2D eigenvalue weighted by molar-refractivity contribution is 7.92. The van der Waals surface area contributed by atoms with Gasteiger partial charge in [-0.25, -0.2) is 8.42 Å². The van der Waals surface area contributed by atoms with Gasteiger partial charge in [0.05, 0.1) is 16.5 Å². The van der Waals surface area contributed by atoms with Crippen molar-refractivity contribution in [1.29, 1.82) is 0 Å². The molecule has 0 fully saturated rings. The van der Waals surface area contributed by atoms with Crippen LogP contribution in [0.2, 0.25) is 5.02 Å². The Morgan fingerprint density at radius 2 is 1.62 bits per heavy atom. The molecule has 32 heavy (non-hydrogen) atoms. The summed E-state index contributed by atoms with van der Waals surface area (Å²) in [6.45, 7) is 2.41. The van der Waals surface area contributed by atoms with Crippen molar-refractivity contribution in [2.75, 3.05) is 16.6 Å². The van der Waals surface area contributed by atoms with Crippen LogP contribution in [0.3, 0.4) is 0 Å². The highest BCUT2D eigenvalue weighted by Crippen LogP contribution is 2.35. The van der Waals surface area contributed by atoms with Crippen LogP contribution < -0.4 is 14.8 Å². The number of carbonyl (C=O) groups excluding carboxylic acids is 1. The van der Waals surface area contributed by atoms with Crippen molar-refractivity contribution in [3.05, 3.63) is 82.7 Å². The van der Waals surface area contributed by atoms with E-state index in [-0.39, 0.29) is 10.8 Å². The summed E-state index contributed by atoms with van der Waals surface area (Å²) in [4.78, 5) is 13.2. The van der Waals surface area contributed by atoms with Gasteiger partial charge in [-0.3, -0.25) is 9.52 Å². The molecule has 0 atom stereocenters. The predicted molar refractivity (Wildman–Crippen MR) is 130 cm³/mol. The molecule has 2 N–H and O–H groups in total. The van der Waals surface area contributed by atoms with E-state index in [4.69, 9.17) is 16.3 Å². The summed E-state index contributed by atoms with van der Waals surface area (Å²) >= 11 is 7.67. The van der Waals surface area contributed by atoms with Crippen LogP contribution in [0, 0.1) is 0 Å². The SMILES string of the molecule is CCOc1ccc(NS(=O)(=O)c2ccc(NC(=O)c3sc4ccccc4c3Cl)cc2)cc1. The number of hydrogen-bond acceptors (Lipinski definition) is 5. The van der Waals surface area contributed by atoms with Crippen LogP contribution in [-0.2, 0) is 10.0 Å². The predicted octanol–water partition coefficient (Wildman–Crippen LogP) is 6.01. The standard InChI is InChI=1S/C23H19ClN2O4S2/c1-2-30-17-11-7-16(8-12-17)26-32(28,29)18-13-9-15(10-14-18)25-23(27)22-21(24)19-5-3-4-6-20(19)31-22/h3-14,26H,2H2,1H3,(H,25,27). The number of carbonyl (C=O) groups is 1. The third-order valence-electron chi connectivity index (χ3n) is 4.58.